The first-order valence-electron chi connectivity index (χ1n) is 5.12. The Labute approximate surface area is 115 Å². The number of halogens is 3. The van der Waals surface area contributed by atoms with Gasteiger partial charge in [0.05, 0.1) is 4.92 Å². The molecule has 1 heterocycles. The van der Waals surface area contributed by atoms with Gasteiger partial charge in [-0.15, -0.1) is 0 Å². The van der Waals surface area contributed by atoms with Crippen LogP contribution >= 0.6 is 11.6 Å². The van der Waals surface area contributed by atoms with Crippen molar-refractivity contribution in [3.63, 3.8) is 0 Å². The van der Waals surface area contributed by atoms with E-state index in [4.69, 9.17) is 22.1 Å². The van der Waals surface area contributed by atoms with Crippen LogP contribution in [0.4, 0.5) is 20.3 Å². The molecule has 6 nitrogen and oxygen atoms in total. The van der Waals surface area contributed by atoms with Crippen LogP contribution in [-0.4, -0.2) is 9.91 Å². The highest BCUT2D eigenvalue weighted by Gasteiger charge is 2.19. The minimum Gasteiger partial charge on any atom is -0.429 e. The second kappa shape index (κ2) is 5.25. The van der Waals surface area contributed by atoms with Gasteiger partial charge < -0.3 is 10.5 Å². The molecular formula is C11H6ClF2N3O3. The van der Waals surface area contributed by atoms with Gasteiger partial charge in [-0.3, -0.25) is 10.1 Å². The Balaban J connectivity index is 2.47. The van der Waals surface area contributed by atoms with E-state index in [2.05, 4.69) is 4.98 Å². The molecule has 0 spiro atoms. The van der Waals surface area contributed by atoms with Crippen LogP contribution in [0.2, 0.25) is 5.02 Å². The van der Waals surface area contributed by atoms with E-state index >= 15 is 0 Å². The summed E-state index contributed by atoms with van der Waals surface area (Å²) in [6.07, 6.45) is 0. The first-order valence-corrected chi connectivity index (χ1v) is 5.49. The number of benzene rings is 1. The van der Waals surface area contributed by atoms with E-state index in [0.717, 1.165) is 12.1 Å². The zero-order chi connectivity index (χ0) is 14.9. The first-order chi connectivity index (χ1) is 9.38. The molecule has 0 saturated heterocycles. The lowest BCUT2D eigenvalue weighted by atomic mass is 10.3. The maximum absolute atomic E-state index is 13.5. The fourth-order valence-electron chi connectivity index (χ4n) is 1.36. The zero-order valence-electron chi connectivity index (χ0n) is 9.64. The number of nitro groups is 1. The van der Waals surface area contributed by atoms with E-state index in [-0.39, 0.29) is 10.8 Å². The van der Waals surface area contributed by atoms with Crippen LogP contribution in [0.25, 0.3) is 0 Å². The monoisotopic (exact) mass is 301 g/mol. The number of ether oxygens (including phenoxy) is 1. The van der Waals surface area contributed by atoms with Gasteiger partial charge in [-0.05, 0) is 6.07 Å². The molecule has 2 rings (SSSR count). The minimum absolute atomic E-state index is 0.140. The largest absolute Gasteiger partial charge is 0.429 e. The van der Waals surface area contributed by atoms with Gasteiger partial charge in [0.2, 0.25) is 5.75 Å². The average molecular weight is 302 g/mol. The third-order valence-electron chi connectivity index (χ3n) is 2.25. The molecule has 2 N–H and O–H groups in total. The van der Waals surface area contributed by atoms with Gasteiger partial charge >= 0.3 is 5.69 Å². The molecule has 1 aromatic carbocycles. The predicted molar refractivity (Wildman–Crippen MR) is 66.7 cm³/mol. The molecule has 0 radical (unpaired) electrons. The Morgan fingerprint density at radius 2 is 2.00 bits per heavy atom. The van der Waals surface area contributed by atoms with E-state index in [1.807, 2.05) is 0 Å². The lowest BCUT2D eigenvalue weighted by Crippen LogP contribution is -2.01. The fourth-order valence-corrected chi connectivity index (χ4v) is 1.52. The van der Waals surface area contributed by atoms with Gasteiger partial charge in [0.25, 0.3) is 5.88 Å². The number of nitrogen functional groups attached to an aromatic ring is 1. The molecule has 1 aromatic heterocycles. The second-order valence-corrected chi connectivity index (χ2v) is 4.05. The molecule has 9 heteroatoms. The Kier molecular flexibility index (Phi) is 3.66. The number of rotatable bonds is 3. The molecule has 0 atom stereocenters. The number of pyridine rings is 1. The highest BCUT2D eigenvalue weighted by Crippen LogP contribution is 2.34. The van der Waals surface area contributed by atoms with Gasteiger partial charge in [0, 0.05) is 23.2 Å². The van der Waals surface area contributed by atoms with Crippen LogP contribution in [0.5, 0.6) is 11.6 Å². The van der Waals surface area contributed by atoms with Crippen LogP contribution in [0.1, 0.15) is 0 Å². The Morgan fingerprint density at radius 3 is 2.65 bits per heavy atom. The molecule has 20 heavy (non-hydrogen) atoms. The van der Waals surface area contributed by atoms with E-state index < -0.39 is 33.9 Å². The van der Waals surface area contributed by atoms with Crippen LogP contribution in [0, 0.1) is 21.7 Å². The molecule has 0 bridgehead atoms. The summed E-state index contributed by atoms with van der Waals surface area (Å²) in [6.45, 7) is 0. The van der Waals surface area contributed by atoms with E-state index in [1.165, 1.54) is 6.07 Å². The normalized spacial score (nSPS) is 10.3. The predicted octanol–water partition coefficient (Wildman–Crippen LogP) is 3.30. The molecule has 0 unspecified atom stereocenters. The molecule has 0 saturated carbocycles. The van der Waals surface area contributed by atoms with Crippen molar-refractivity contribution < 1.29 is 18.4 Å². The first kappa shape index (κ1) is 13.9. The summed E-state index contributed by atoms with van der Waals surface area (Å²) in [6, 6.07) is 3.94. The lowest BCUT2D eigenvalue weighted by molar-refractivity contribution is -0.385. The van der Waals surface area contributed by atoms with Crippen molar-refractivity contribution in [1.29, 1.82) is 0 Å². The summed E-state index contributed by atoms with van der Waals surface area (Å²) in [5, 5.41) is 11.0. The molecule has 0 aliphatic heterocycles. The quantitative estimate of drug-likeness (QED) is 0.693. The Morgan fingerprint density at radius 1 is 1.30 bits per heavy atom. The van der Waals surface area contributed by atoms with Crippen molar-refractivity contribution in [3.05, 3.63) is 51.0 Å². The van der Waals surface area contributed by atoms with Gasteiger partial charge in [-0.1, -0.05) is 11.6 Å². The summed E-state index contributed by atoms with van der Waals surface area (Å²) in [5.74, 6) is -3.82. The highest BCUT2D eigenvalue weighted by atomic mass is 35.5. The smallest absolute Gasteiger partial charge is 0.311 e. The van der Waals surface area contributed by atoms with Crippen LogP contribution in [-0.2, 0) is 0 Å². The average Bonchev–Trinajstić information content (AvgIpc) is 2.35. The van der Waals surface area contributed by atoms with Crippen LogP contribution < -0.4 is 10.5 Å². The van der Waals surface area contributed by atoms with Crippen molar-refractivity contribution >= 4 is 23.1 Å². The van der Waals surface area contributed by atoms with Crippen molar-refractivity contribution in [1.82, 2.24) is 4.98 Å². The third kappa shape index (κ3) is 2.75. The second-order valence-electron chi connectivity index (χ2n) is 3.61. The number of nitro benzene ring substituents is 1. The molecule has 2 aromatic rings. The minimum atomic E-state index is -1.15. The van der Waals surface area contributed by atoms with Gasteiger partial charge in [-0.25, -0.2) is 8.78 Å². The van der Waals surface area contributed by atoms with Gasteiger partial charge in [-0.2, -0.15) is 4.98 Å². The van der Waals surface area contributed by atoms with Gasteiger partial charge in [0.15, 0.2) is 17.5 Å². The molecule has 0 aliphatic carbocycles. The maximum Gasteiger partial charge on any atom is 0.311 e. The van der Waals surface area contributed by atoms with Gasteiger partial charge in [0.1, 0.15) is 0 Å². The number of anilines is 1. The number of nitrogens with zero attached hydrogens (tertiary/aromatic N) is 2. The third-order valence-corrected chi connectivity index (χ3v) is 2.48. The van der Waals surface area contributed by atoms with Crippen LogP contribution in [0.3, 0.4) is 0 Å². The maximum atomic E-state index is 13.5. The number of aromatic nitrogens is 1. The fraction of sp³-hybridized carbons (Fsp3) is 0. The highest BCUT2D eigenvalue weighted by molar-refractivity contribution is 6.30. The van der Waals surface area contributed by atoms with Crippen molar-refractivity contribution in [2.24, 2.45) is 0 Å². The molecule has 0 aliphatic rings. The topological polar surface area (TPSA) is 91.3 Å². The van der Waals surface area contributed by atoms with Crippen molar-refractivity contribution in [2.45, 2.75) is 0 Å². The molecule has 104 valence electrons. The summed E-state index contributed by atoms with van der Waals surface area (Å²) in [4.78, 5) is 13.4. The lowest BCUT2D eigenvalue weighted by Gasteiger charge is -2.07. The van der Waals surface area contributed by atoms with Crippen LogP contribution in [0.15, 0.2) is 24.3 Å². The summed E-state index contributed by atoms with van der Waals surface area (Å²) in [7, 11) is 0. The number of hydrogen-bond acceptors (Lipinski definition) is 5. The summed E-state index contributed by atoms with van der Waals surface area (Å²) < 4.78 is 31.4. The van der Waals surface area contributed by atoms with Crippen molar-refractivity contribution in [2.75, 3.05) is 5.73 Å². The zero-order valence-corrected chi connectivity index (χ0v) is 10.4. The number of hydrogen-bond donors (Lipinski definition) is 1. The SMILES string of the molecule is Nc1nc(Oc2cc(Cl)ccc2[N+](=O)[O-])c(F)cc1F. The van der Waals surface area contributed by atoms with Crippen molar-refractivity contribution in [3.8, 4) is 11.6 Å². The Hall–Kier alpha value is -2.48. The molecule has 0 amide bonds. The standard InChI is InChI=1S/C11H6ClF2N3O3/c12-5-1-2-8(17(18)19)9(3-5)20-11-7(14)4-6(13)10(15)16-11/h1-4H,(H2,15,16). The van der Waals surface area contributed by atoms with E-state index in [0.29, 0.717) is 6.07 Å². The van der Waals surface area contributed by atoms with E-state index in [1.54, 1.807) is 0 Å². The summed E-state index contributed by atoms with van der Waals surface area (Å²) >= 11 is 5.68. The number of nitrogens with two attached hydrogens (primary N) is 1. The molecular weight excluding hydrogens is 296 g/mol. The Bertz CT molecular complexity index is 697. The summed E-state index contributed by atoms with van der Waals surface area (Å²) in [5.41, 5.74) is 4.73. The molecule has 0 fully saturated rings. The van der Waals surface area contributed by atoms with E-state index in [9.17, 15) is 18.9 Å².